The number of nitrogens with one attached hydrogen (secondary N) is 1. The summed E-state index contributed by atoms with van der Waals surface area (Å²) in [5.41, 5.74) is 4.33. The van der Waals surface area contributed by atoms with Crippen LogP contribution in [0.15, 0.2) is 46.8 Å². The Morgan fingerprint density at radius 1 is 1.30 bits per heavy atom. The Labute approximate surface area is 189 Å². The van der Waals surface area contributed by atoms with Crippen molar-refractivity contribution >= 4 is 29.8 Å². The van der Waals surface area contributed by atoms with Crippen LogP contribution in [0.25, 0.3) is 11.1 Å². The number of anilines is 2. The lowest BCUT2D eigenvalue weighted by atomic mass is 10.1. The molecular weight excluding hydrogens is 431 g/mol. The van der Waals surface area contributed by atoms with E-state index in [1.165, 1.54) is 11.0 Å². The molecule has 0 bridgehead atoms. The van der Waals surface area contributed by atoms with Gasteiger partial charge in [0.2, 0.25) is 5.90 Å². The van der Waals surface area contributed by atoms with Crippen molar-refractivity contribution in [2.75, 3.05) is 36.0 Å². The molecule has 2 aromatic rings. The van der Waals surface area contributed by atoms with E-state index in [4.69, 9.17) is 14.3 Å². The fraction of sp³-hybridized carbons (Fsp3) is 0.364. The van der Waals surface area contributed by atoms with Crippen LogP contribution >= 0.6 is 0 Å². The minimum atomic E-state index is -0.544. The summed E-state index contributed by atoms with van der Waals surface area (Å²) in [6, 6.07) is 8.29. The molecule has 33 heavy (non-hydrogen) atoms. The van der Waals surface area contributed by atoms with Crippen molar-refractivity contribution in [1.82, 2.24) is 10.4 Å². The number of carbonyl (C=O) groups is 1. The molecule has 1 fully saturated rings. The number of nitrogens with zero attached hydrogens (tertiary/aromatic N) is 5. The van der Waals surface area contributed by atoms with E-state index in [0.717, 1.165) is 18.9 Å². The van der Waals surface area contributed by atoms with Gasteiger partial charge in [0.1, 0.15) is 30.7 Å². The van der Waals surface area contributed by atoms with Crippen LogP contribution in [0.4, 0.5) is 20.7 Å². The number of hydrazone groups is 1. The third-order valence-electron chi connectivity index (χ3n) is 5.48. The summed E-state index contributed by atoms with van der Waals surface area (Å²) in [6.07, 6.45) is 2.82. The molecule has 3 aliphatic rings. The average Bonchev–Trinajstić information content (AvgIpc) is 3.43. The first-order valence-corrected chi connectivity index (χ1v) is 10.7. The number of halogens is 1. The summed E-state index contributed by atoms with van der Waals surface area (Å²) in [7, 11) is 0. The number of amides is 1. The molecule has 1 aromatic heterocycles. The van der Waals surface area contributed by atoms with E-state index in [1.807, 2.05) is 24.0 Å². The lowest BCUT2D eigenvalue weighted by Gasteiger charge is -2.21. The Bertz CT molecular complexity index is 1090. The van der Waals surface area contributed by atoms with Gasteiger partial charge in [0.15, 0.2) is 6.10 Å². The van der Waals surface area contributed by atoms with Crippen LogP contribution in [0.2, 0.25) is 0 Å². The van der Waals surface area contributed by atoms with Gasteiger partial charge in [-0.2, -0.15) is 5.10 Å². The van der Waals surface area contributed by atoms with E-state index in [1.54, 1.807) is 24.7 Å². The molecule has 4 heterocycles. The Morgan fingerprint density at radius 3 is 2.91 bits per heavy atom. The van der Waals surface area contributed by atoms with Crippen molar-refractivity contribution in [2.24, 2.45) is 10.3 Å². The lowest BCUT2D eigenvalue weighted by molar-refractivity contribution is 0.0944. The van der Waals surface area contributed by atoms with Crippen molar-refractivity contribution < 1.29 is 23.5 Å². The number of benzene rings is 1. The monoisotopic (exact) mass is 454 g/mol. The van der Waals surface area contributed by atoms with E-state index in [2.05, 4.69) is 20.7 Å². The minimum Gasteiger partial charge on any atom is -0.475 e. The summed E-state index contributed by atoms with van der Waals surface area (Å²) in [5.74, 6) is 0.764. The number of pyridine rings is 1. The maximum absolute atomic E-state index is 15.0. The maximum atomic E-state index is 15.0. The number of ether oxygens (including phenoxy) is 2. The number of oxime groups is 1. The van der Waals surface area contributed by atoms with Crippen LogP contribution in [-0.4, -0.2) is 61.8 Å². The topological polar surface area (TPSA) is 101 Å². The van der Waals surface area contributed by atoms with Crippen LogP contribution < -0.4 is 15.2 Å². The molecule has 5 rings (SSSR count). The number of cyclic esters (lactones) is 1. The Balaban J connectivity index is 1.24. The first-order valence-electron chi connectivity index (χ1n) is 10.7. The van der Waals surface area contributed by atoms with E-state index >= 15 is 0 Å². The molecule has 0 saturated carbocycles. The second kappa shape index (κ2) is 8.93. The minimum absolute atomic E-state index is 0.0218. The zero-order chi connectivity index (χ0) is 22.8. The third-order valence-corrected chi connectivity index (χ3v) is 5.48. The van der Waals surface area contributed by atoms with Gasteiger partial charge in [-0.05, 0) is 37.3 Å². The molecule has 2 atom stereocenters. The van der Waals surface area contributed by atoms with Crippen molar-refractivity contribution in [3.8, 4) is 11.1 Å². The number of aromatic nitrogens is 1. The largest absolute Gasteiger partial charge is 0.475 e. The molecular formula is C22H23FN6O4. The van der Waals surface area contributed by atoms with E-state index in [-0.39, 0.29) is 19.3 Å². The van der Waals surface area contributed by atoms with Gasteiger partial charge in [-0.3, -0.25) is 4.90 Å². The van der Waals surface area contributed by atoms with Gasteiger partial charge in [-0.15, -0.1) is 0 Å². The highest BCUT2D eigenvalue weighted by atomic mass is 19.1. The molecule has 1 N–H and O–H groups in total. The molecule has 3 aliphatic heterocycles. The van der Waals surface area contributed by atoms with Gasteiger partial charge < -0.3 is 24.6 Å². The number of hydrogen-bond donors (Lipinski definition) is 1. The molecule has 0 aliphatic carbocycles. The molecule has 1 unspecified atom stereocenters. The Kier molecular flexibility index (Phi) is 5.68. The van der Waals surface area contributed by atoms with Crippen molar-refractivity contribution in [1.29, 1.82) is 0 Å². The summed E-state index contributed by atoms with van der Waals surface area (Å²) in [6.45, 7) is 3.78. The summed E-state index contributed by atoms with van der Waals surface area (Å²) in [4.78, 5) is 25.1. The summed E-state index contributed by atoms with van der Waals surface area (Å²) >= 11 is 0. The highest BCUT2D eigenvalue weighted by Crippen LogP contribution is 2.29. The van der Waals surface area contributed by atoms with Gasteiger partial charge in [-0.1, -0.05) is 5.16 Å². The number of carbonyl (C=O) groups excluding carboxylic acids is 1. The second-order valence-electron chi connectivity index (χ2n) is 7.95. The Morgan fingerprint density at radius 2 is 2.21 bits per heavy atom. The SMILES string of the molecule is CC1CC(OC[C@H]2CN(c3ccc(-c4ccc(N5C=NNCC5)nc4)c(F)c3)C(=O)O2)=NO1. The predicted molar refractivity (Wildman–Crippen MR) is 120 cm³/mol. The van der Waals surface area contributed by atoms with E-state index < -0.39 is 18.0 Å². The average molecular weight is 454 g/mol. The number of hydrogen-bond acceptors (Lipinski definition) is 9. The fourth-order valence-corrected chi connectivity index (χ4v) is 3.76. The maximum Gasteiger partial charge on any atom is 0.414 e. The first-order chi connectivity index (χ1) is 16.1. The standard InChI is InChI=1S/C22H23FN6O4/c1-14-8-21(27-33-14)31-12-17-11-29(22(30)32-17)16-3-4-18(19(23)9-16)15-2-5-20(24-10-15)28-7-6-25-26-13-28/h2-5,9-10,13-14,17,25H,6-8,11-12H2,1H3/t14?,17-/m1/s1. The van der Waals surface area contributed by atoms with Gasteiger partial charge in [-0.25, -0.2) is 14.2 Å². The van der Waals surface area contributed by atoms with Gasteiger partial charge in [0.25, 0.3) is 0 Å². The van der Waals surface area contributed by atoms with E-state index in [9.17, 15) is 9.18 Å². The highest BCUT2D eigenvalue weighted by molar-refractivity contribution is 5.90. The molecule has 0 radical (unpaired) electrons. The highest BCUT2D eigenvalue weighted by Gasteiger charge is 2.34. The van der Waals surface area contributed by atoms with Crippen LogP contribution in [0, 0.1) is 5.82 Å². The number of rotatable bonds is 5. The lowest BCUT2D eigenvalue weighted by Crippen LogP contribution is -2.35. The molecule has 10 nitrogen and oxygen atoms in total. The summed E-state index contributed by atoms with van der Waals surface area (Å²) in [5, 5.41) is 7.84. The first kappa shape index (κ1) is 21.0. The van der Waals surface area contributed by atoms with Gasteiger partial charge in [0, 0.05) is 23.9 Å². The van der Waals surface area contributed by atoms with Gasteiger partial charge in [0.05, 0.1) is 25.2 Å². The smallest absolute Gasteiger partial charge is 0.414 e. The molecule has 172 valence electrons. The molecule has 1 amide bonds. The second-order valence-corrected chi connectivity index (χ2v) is 7.95. The Hall–Kier alpha value is -3.89. The molecule has 1 aromatic carbocycles. The van der Waals surface area contributed by atoms with Crippen LogP contribution in [-0.2, 0) is 14.3 Å². The van der Waals surface area contributed by atoms with Crippen LogP contribution in [0.3, 0.4) is 0 Å². The van der Waals surface area contributed by atoms with Crippen molar-refractivity contribution in [3.05, 3.63) is 42.3 Å². The van der Waals surface area contributed by atoms with Crippen LogP contribution in [0.5, 0.6) is 0 Å². The predicted octanol–water partition coefficient (Wildman–Crippen LogP) is 2.70. The molecule has 0 spiro atoms. The quantitative estimate of drug-likeness (QED) is 0.741. The van der Waals surface area contributed by atoms with E-state index in [0.29, 0.717) is 29.1 Å². The van der Waals surface area contributed by atoms with Crippen LogP contribution in [0.1, 0.15) is 13.3 Å². The van der Waals surface area contributed by atoms with Crippen molar-refractivity contribution in [2.45, 2.75) is 25.6 Å². The zero-order valence-corrected chi connectivity index (χ0v) is 18.0. The third kappa shape index (κ3) is 4.52. The fourth-order valence-electron chi connectivity index (χ4n) is 3.76. The summed E-state index contributed by atoms with van der Waals surface area (Å²) < 4.78 is 25.9. The molecule has 11 heteroatoms. The zero-order valence-electron chi connectivity index (χ0n) is 18.0. The van der Waals surface area contributed by atoms with Gasteiger partial charge >= 0.3 is 6.09 Å². The van der Waals surface area contributed by atoms with Crippen molar-refractivity contribution in [3.63, 3.8) is 0 Å². The normalized spacial score (nSPS) is 22.0. The molecule has 1 saturated heterocycles.